The number of aryl methyl sites for hydroxylation is 2. The molecule has 0 fully saturated rings. The standard InChI is InChI=1S/C22H33N5O5/c1-17(28)9-6-7-12-27-21(29)19-20(25(3)22(27)30)23-18(24(19)2)10-8-11-26(13-15-31-4)14-16-32-5/h6-7,9,11-16H2,1-5H3. The summed E-state index contributed by atoms with van der Waals surface area (Å²) in [6, 6.07) is 0. The van der Waals surface area contributed by atoms with Crippen LogP contribution in [-0.4, -0.2) is 76.4 Å². The molecule has 0 bridgehead atoms. The number of imidazole rings is 1. The highest BCUT2D eigenvalue weighted by molar-refractivity contribution is 5.75. The largest absolute Gasteiger partial charge is 0.383 e. The molecule has 0 aliphatic rings. The molecule has 0 spiro atoms. The van der Waals surface area contributed by atoms with E-state index < -0.39 is 11.2 Å². The van der Waals surface area contributed by atoms with Crippen LogP contribution >= 0.6 is 0 Å². The summed E-state index contributed by atoms with van der Waals surface area (Å²) < 4.78 is 14.5. The Bertz CT molecular complexity index is 1090. The molecule has 2 heterocycles. The molecule has 10 heteroatoms. The number of rotatable bonds is 12. The monoisotopic (exact) mass is 447 g/mol. The van der Waals surface area contributed by atoms with E-state index in [0.717, 1.165) is 13.1 Å². The fraction of sp³-hybridized carbons (Fsp3) is 0.636. The van der Waals surface area contributed by atoms with Crippen molar-refractivity contribution < 1.29 is 14.3 Å². The van der Waals surface area contributed by atoms with E-state index in [4.69, 9.17) is 9.47 Å². The summed E-state index contributed by atoms with van der Waals surface area (Å²) in [5.41, 5.74) is -0.176. The summed E-state index contributed by atoms with van der Waals surface area (Å²) in [5.74, 6) is 6.63. The van der Waals surface area contributed by atoms with E-state index in [1.54, 1.807) is 32.9 Å². The molecule has 2 aromatic heterocycles. The van der Waals surface area contributed by atoms with Crippen LogP contribution in [0.15, 0.2) is 9.59 Å². The Morgan fingerprint density at radius 1 is 1.06 bits per heavy atom. The van der Waals surface area contributed by atoms with Gasteiger partial charge < -0.3 is 18.8 Å². The second-order valence-electron chi connectivity index (χ2n) is 7.69. The second-order valence-corrected chi connectivity index (χ2v) is 7.69. The van der Waals surface area contributed by atoms with E-state index in [-0.39, 0.29) is 12.3 Å². The third kappa shape index (κ3) is 6.38. The zero-order chi connectivity index (χ0) is 23.7. The average molecular weight is 448 g/mol. The highest BCUT2D eigenvalue weighted by Crippen LogP contribution is 2.08. The summed E-state index contributed by atoms with van der Waals surface area (Å²) >= 11 is 0. The van der Waals surface area contributed by atoms with E-state index in [2.05, 4.69) is 21.7 Å². The van der Waals surface area contributed by atoms with Crippen LogP contribution in [-0.2, 0) is 34.9 Å². The van der Waals surface area contributed by atoms with Crippen molar-refractivity contribution in [2.24, 2.45) is 14.1 Å². The van der Waals surface area contributed by atoms with Crippen LogP contribution in [0, 0.1) is 11.8 Å². The smallest absolute Gasteiger partial charge is 0.332 e. The average Bonchev–Trinajstić information content (AvgIpc) is 3.09. The first-order valence-electron chi connectivity index (χ1n) is 10.7. The van der Waals surface area contributed by atoms with E-state index >= 15 is 0 Å². The Morgan fingerprint density at radius 3 is 2.31 bits per heavy atom. The first-order chi connectivity index (χ1) is 15.3. The SMILES string of the molecule is COCCN(CC#Cc1nc2c(c(=O)n(CCCCC(C)=O)c(=O)n2C)n1C)CCOC. The van der Waals surface area contributed by atoms with Gasteiger partial charge in [-0.2, -0.15) is 0 Å². The number of carbonyl (C=O) groups excluding carboxylic acids is 1. The van der Waals surface area contributed by atoms with Gasteiger partial charge in [-0.3, -0.25) is 18.8 Å². The van der Waals surface area contributed by atoms with Crippen LogP contribution in [0.3, 0.4) is 0 Å². The molecule has 0 atom stereocenters. The third-order valence-electron chi connectivity index (χ3n) is 5.25. The van der Waals surface area contributed by atoms with E-state index in [1.165, 1.54) is 16.1 Å². The number of hydrogen-bond acceptors (Lipinski definition) is 7. The zero-order valence-corrected chi connectivity index (χ0v) is 19.6. The number of hydrogen-bond donors (Lipinski definition) is 0. The number of carbonyl (C=O) groups is 1. The highest BCUT2D eigenvalue weighted by atomic mass is 16.5. The maximum Gasteiger partial charge on any atom is 0.332 e. The number of ketones is 1. The molecule has 0 unspecified atom stereocenters. The Balaban J connectivity index is 2.30. The lowest BCUT2D eigenvalue weighted by Gasteiger charge is -2.18. The lowest BCUT2D eigenvalue weighted by atomic mass is 10.2. The molecule has 0 saturated heterocycles. The van der Waals surface area contributed by atoms with Gasteiger partial charge in [0.1, 0.15) is 5.78 Å². The van der Waals surface area contributed by atoms with Gasteiger partial charge >= 0.3 is 5.69 Å². The number of Topliss-reactive ketones (excluding diaryl/α,β-unsaturated/α-hetero) is 1. The van der Waals surface area contributed by atoms with Gasteiger partial charge in [0.15, 0.2) is 17.0 Å². The fourth-order valence-corrected chi connectivity index (χ4v) is 3.34. The molecule has 0 amide bonds. The minimum atomic E-state index is -0.423. The van der Waals surface area contributed by atoms with Crippen LogP contribution in [0.5, 0.6) is 0 Å². The third-order valence-corrected chi connectivity index (χ3v) is 5.25. The summed E-state index contributed by atoms with van der Waals surface area (Å²) in [5, 5.41) is 0. The minimum absolute atomic E-state index is 0.0959. The predicted molar refractivity (Wildman–Crippen MR) is 122 cm³/mol. The molecule has 10 nitrogen and oxygen atoms in total. The van der Waals surface area contributed by atoms with Crippen molar-refractivity contribution in [3.63, 3.8) is 0 Å². The van der Waals surface area contributed by atoms with Crippen molar-refractivity contribution in [3.05, 3.63) is 26.7 Å². The van der Waals surface area contributed by atoms with E-state index in [0.29, 0.717) is 56.0 Å². The van der Waals surface area contributed by atoms with Crippen LogP contribution in [0.4, 0.5) is 0 Å². The van der Waals surface area contributed by atoms with Gasteiger partial charge in [0, 0.05) is 54.4 Å². The molecule has 0 radical (unpaired) electrons. The van der Waals surface area contributed by atoms with Crippen molar-refractivity contribution in [2.45, 2.75) is 32.7 Å². The fourth-order valence-electron chi connectivity index (χ4n) is 3.34. The maximum atomic E-state index is 13.0. The van der Waals surface area contributed by atoms with E-state index in [1.807, 2.05) is 0 Å². The summed E-state index contributed by atoms with van der Waals surface area (Å²) in [4.78, 5) is 43.4. The van der Waals surface area contributed by atoms with Gasteiger partial charge in [-0.15, -0.1) is 0 Å². The lowest BCUT2D eigenvalue weighted by Crippen LogP contribution is -2.39. The number of ether oxygens (including phenoxy) is 2. The zero-order valence-electron chi connectivity index (χ0n) is 19.6. The van der Waals surface area contributed by atoms with Crippen LogP contribution in [0.25, 0.3) is 11.2 Å². The Kier molecular flexibility index (Phi) is 9.84. The summed E-state index contributed by atoms with van der Waals surface area (Å²) in [6.07, 6.45) is 1.64. The van der Waals surface area contributed by atoms with Crippen molar-refractivity contribution in [3.8, 4) is 11.8 Å². The van der Waals surface area contributed by atoms with Gasteiger partial charge in [0.05, 0.1) is 19.8 Å². The van der Waals surface area contributed by atoms with Crippen molar-refractivity contribution in [1.82, 2.24) is 23.6 Å². The Hall–Kier alpha value is -2.74. The van der Waals surface area contributed by atoms with Gasteiger partial charge in [-0.25, -0.2) is 9.78 Å². The first-order valence-corrected chi connectivity index (χ1v) is 10.7. The molecule has 0 N–H and O–H groups in total. The number of methoxy groups -OCH3 is 2. The second kappa shape index (κ2) is 12.3. The molecule has 0 aliphatic carbocycles. The molecule has 0 aliphatic heterocycles. The highest BCUT2D eigenvalue weighted by Gasteiger charge is 2.17. The Morgan fingerprint density at radius 2 is 1.72 bits per heavy atom. The number of unbranched alkanes of at least 4 members (excludes halogenated alkanes) is 1. The first kappa shape index (κ1) is 25.5. The molecule has 176 valence electrons. The Labute approximate surface area is 187 Å². The molecule has 32 heavy (non-hydrogen) atoms. The van der Waals surface area contributed by atoms with Gasteiger partial charge in [-0.1, -0.05) is 5.92 Å². The van der Waals surface area contributed by atoms with Crippen molar-refractivity contribution >= 4 is 16.9 Å². The van der Waals surface area contributed by atoms with Crippen molar-refractivity contribution in [1.29, 1.82) is 0 Å². The maximum absolute atomic E-state index is 13.0. The minimum Gasteiger partial charge on any atom is -0.383 e. The predicted octanol–water partition coefficient (Wildman–Crippen LogP) is 0.139. The molecule has 0 saturated carbocycles. The molecule has 2 rings (SSSR count). The molecular weight excluding hydrogens is 414 g/mol. The summed E-state index contributed by atoms with van der Waals surface area (Å²) in [6.45, 7) is 4.91. The number of aromatic nitrogens is 4. The topological polar surface area (TPSA) is 101 Å². The van der Waals surface area contributed by atoms with Crippen LogP contribution in [0.1, 0.15) is 32.0 Å². The van der Waals surface area contributed by atoms with Gasteiger partial charge in [0.2, 0.25) is 0 Å². The van der Waals surface area contributed by atoms with Gasteiger partial charge in [-0.05, 0) is 25.7 Å². The quantitative estimate of drug-likeness (QED) is 0.337. The normalized spacial score (nSPS) is 11.2. The summed E-state index contributed by atoms with van der Waals surface area (Å²) in [7, 11) is 6.62. The van der Waals surface area contributed by atoms with Gasteiger partial charge in [0.25, 0.3) is 5.56 Å². The molecular formula is C22H33N5O5. The molecule has 2 aromatic rings. The van der Waals surface area contributed by atoms with Crippen LogP contribution < -0.4 is 11.2 Å². The molecule has 0 aromatic carbocycles. The lowest BCUT2D eigenvalue weighted by molar-refractivity contribution is -0.117. The van der Waals surface area contributed by atoms with Crippen molar-refractivity contribution in [2.75, 3.05) is 47.1 Å². The van der Waals surface area contributed by atoms with E-state index in [9.17, 15) is 14.4 Å². The van der Waals surface area contributed by atoms with Crippen LogP contribution in [0.2, 0.25) is 0 Å². The number of fused-ring (bicyclic) bond motifs is 1. The number of nitrogens with zero attached hydrogens (tertiary/aromatic N) is 5.